The molecule has 0 saturated heterocycles. The molecule has 132 valence electrons. The predicted molar refractivity (Wildman–Crippen MR) is 93.6 cm³/mol. The first-order chi connectivity index (χ1) is 11.7. The van der Waals surface area contributed by atoms with Crippen LogP contribution in [0.3, 0.4) is 0 Å². The summed E-state index contributed by atoms with van der Waals surface area (Å²) in [7, 11) is 0. The predicted octanol–water partition coefficient (Wildman–Crippen LogP) is 2.20. The molecule has 24 heavy (non-hydrogen) atoms. The molecule has 0 bridgehead atoms. The quantitative estimate of drug-likeness (QED) is 0.681. The molecule has 5 nitrogen and oxygen atoms in total. The lowest BCUT2D eigenvalue weighted by Gasteiger charge is -2.22. The number of benzene rings is 1. The van der Waals surface area contributed by atoms with E-state index in [1.54, 1.807) is 0 Å². The van der Waals surface area contributed by atoms with Gasteiger partial charge in [0.15, 0.2) is 0 Å². The molecule has 1 aliphatic rings. The Morgan fingerprint density at radius 3 is 2.54 bits per heavy atom. The van der Waals surface area contributed by atoms with Crippen LogP contribution in [0.4, 0.5) is 0 Å². The molecule has 1 aliphatic carbocycles. The van der Waals surface area contributed by atoms with Crippen molar-refractivity contribution in [2.75, 3.05) is 19.8 Å². The van der Waals surface area contributed by atoms with Crippen molar-refractivity contribution in [3.63, 3.8) is 0 Å². The fraction of sp³-hybridized carbons (Fsp3) is 0.579. The molecule has 2 N–H and O–H groups in total. The molecule has 1 aromatic carbocycles. The molecule has 0 spiro atoms. The summed E-state index contributed by atoms with van der Waals surface area (Å²) in [6, 6.07) is 10.3. The van der Waals surface area contributed by atoms with E-state index in [9.17, 15) is 9.59 Å². The molecule has 0 unspecified atom stereocenters. The largest absolute Gasteiger partial charge is 0.371 e. The molecular weight excluding hydrogens is 304 g/mol. The zero-order valence-corrected chi connectivity index (χ0v) is 14.3. The van der Waals surface area contributed by atoms with E-state index in [0.717, 1.165) is 19.3 Å². The molecule has 5 heteroatoms. The monoisotopic (exact) mass is 332 g/mol. The molecule has 1 aromatic rings. The van der Waals surface area contributed by atoms with E-state index in [0.29, 0.717) is 25.6 Å². The first kappa shape index (κ1) is 18.5. The zero-order chi connectivity index (χ0) is 17.0. The van der Waals surface area contributed by atoms with Gasteiger partial charge in [-0.25, -0.2) is 0 Å². The number of carbonyl (C=O) groups excluding carboxylic acids is 2. The molecule has 0 atom stereocenters. The number of hydrogen-bond donors (Lipinski definition) is 2. The average Bonchev–Trinajstić information content (AvgIpc) is 2.60. The number of amides is 2. The van der Waals surface area contributed by atoms with E-state index in [1.807, 2.05) is 30.3 Å². The van der Waals surface area contributed by atoms with Crippen molar-refractivity contribution in [3.8, 4) is 0 Å². The lowest BCUT2D eigenvalue weighted by Crippen LogP contribution is -2.38. The third-order valence-corrected chi connectivity index (χ3v) is 4.26. The van der Waals surface area contributed by atoms with Crippen molar-refractivity contribution in [1.82, 2.24) is 10.6 Å². The van der Waals surface area contributed by atoms with Crippen LogP contribution >= 0.6 is 0 Å². The van der Waals surface area contributed by atoms with Crippen molar-refractivity contribution in [2.24, 2.45) is 0 Å². The van der Waals surface area contributed by atoms with Crippen molar-refractivity contribution < 1.29 is 14.3 Å². The minimum Gasteiger partial charge on any atom is -0.371 e. The fourth-order valence-corrected chi connectivity index (χ4v) is 2.91. The lowest BCUT2D eigenvalue weighted by atomic mass is 9.95. The Morgan fingerprint density at radius 2 is 1.79 bits per heavy atom. The Bertz CT molecular complexity index is 499. The highest BCUT2D eigenvalue weighted by atomic mass is 16.5. The Kier molecular flexibility index (Phi) is 8.32. The lowest BCUT2D eigenvalue weighted by molar-refractivity contribution is -0.126. The van der Waals surface area contributed by atoms with Crippen LogP contribution in [0.5, 0.6) is 0 Å². The third kappa shape index (κ3) is 7.59. The van der Waals surface area contributed by atoms with E-state index < -0.39 is 0 Å². The highest BCUT2D eigenvalue weighted by Crippen LogP contribution is 2.17. The Morgan fingerprint density at radius 1 is 1.04 bits per heavy atom. The maximum Gasteiger partial charge on any atom is 0.246 e. The minimum atomic E-state index is -0.173. The summed E-state index contributed by atoms with van der Waals surface area (Å²) in [5.74, 6) is -0.152. The van der Waals surface area contributed by atoms with Crippen molar-refractivity contribution >= 4 is 11.8 Å². The minimum absolute atomic E-state index is 0.0206. The average molecular weight is 332 g/mol. The topological polar surface area (TPSA) is 67.4 Å². The van der Waals surface area contributed by atoms with E-state index >= 15 is 0 Å². The second-order valence-electron chi connectivity index (χ2n) is 6.29. The summed E-state index contributed by atoms with van der Waals surface area (Å²) in [4.78, 5) is 23.5. The van der Waals surface area contributed by atoms with Crippen LogP contribution in [0.25, 0.3) is 0 Å². The first-order valence-corrected chi connectivity index (χ1v) is 8.92. The molecule has 2 amide bonds. The SMILES string of the molecule is O=C(COCCc1ccccc1)NCCC(=O)NC1CCCCC1. The maximum atomic E-state index is 11.8. The van der Waals surface area contributed by atoms with E-state index in [-0.39, 0.29) is 18.4 Å². The van der Waals surface area contributed by atoms with Gasteiger partial charge in [0.1, 0.15) is 6.61 Å². The maximum absolute atomic E-state index is 11.8. The van der Waals surface area contributed by atoms with Crippen molar-refractivity contribution in [3.05, 3.63) is 35.9 Å². The summed E-state index contributed by atoms with van der Waals surface area (Å²) in [5, 5.41) is 5.77. The number of rotatable bonds is 9. The third-order valence-electron chi connectivity index (χ3n) is 4.26. The molecular formula is C19H28N2O3. The highest BCUT2D eigenvalue weighted by molar-refractivity contribution is 5.79. The summed E-state index contributed by atoms with van der Waals surface area (Å²) >= 11 is 0. The van der Waals surface area contributed by atoms with Gasteiger partial charge in [0.05, 0.1) is 6.61 Å². The Labute approximate surface area is 144 Å². The van der Waals surface area contributed by atoms with E-state index in [2.05, 4.69) is 10.6 Å². The number of ether oxygens (including phenoxy) is 1. The second kappa shape index (κ2) is 10.8. The molecule has 0 heterocycles. The Hall–Kier alpha value is -1.88. The second-order valence-corrected chi connectivity index (χ2v) is 6.29. The van der Waals surface area contributed by atoms with Crippen LogP contribution in [0.15, 0.2) is 30.3 Å². The summed E-state index contributed by atoms with van der Waals surface area (Å²) in [6.07, 6.45) is 6.93. The summed E-state index contributed by atoms with van der Waals surface area (Å²) in [6.45, 7) is 0.913. The molecule has 1 fully saturated rings. The van der Waals surface area contributed by atoms with Crippen LogP contribution in [0, 0.1) is 0 Å². The van der Waals surface area contributed by atoms with Gasteiger partial charge in [-0.1, -0.05) is 49.6 Å². The summed E-state index contributed by atoms with van der Waals surface area (Å²) in [5.41, 5.74) is 1.19. The van der Waals surface area contributed by atoms with Crippen molar-refractivity contribution in [2.45, 2.75) is 51.0 Å². The first-order valence-electron chi connectivity index (χ1n) is 8.92. The number of carbonyl (C=O) groups is 2. The van der Waals surface area contributed by atoms with Gasteiger partial charge in [0.25, 0.3) is 0 Å². The molecule has 1 saturated carbocycles. The molecule has 0 aliphatic heterocycles. The van der Waals surface area contributed by atoms with Crippen LogP contribution in [-0.2, 0) is 20.7 Å². The van der Waals surface area contributed by atoms with Gasteiger partial charge in [0.2, 0.25) is 11.8 Å². The molecule has 0 radical (unpaired) electrons. The number of hydrogen-bond acceptors (Lipinski definition) is 3. The van der Waals surface area contributed by atoms with Crippen LogP contribution in [0.1, 0.15) is 44.1 Å². The van der Waals surface area contributed by atoms with Crippen LogP contribution in [-0.4, -0.2) is 37.6 Å². The van der Waals surface area contributed by atoms with Gasteiger partial charge in [-0.05, 0) is 24.8 Å². The van der Waals surface area contributed by atoms with Crippen LogP contribution in [0.2, 0.25) is 0 Å². The van der Waals surface area contributed by atoms with Crippen LogP contribution < -0.4 is 10.6 Å². The van der Waals surface area contributed by atoms with Gasteiger partial charge in [0, 0.05) is 19.0 Å². The van der Waals surface area contributed by atoms with Gasteiger partial charge >= 0.3 is 0 Å². The standard InChI is InChI=1S/C19H28N2O3/c22-18(21-17-9-5-2-6-10-17)11-13-20-19(23)15-24-14-12-16-7-3-1-4-8-16/h1,3-4,7-8,17H,2,5-6,9-15H2,(H,20,23)(H,21,22). The number of nitrogens with one attached hydrogen (secondary N) is 2. The highest BCUT2D eigenvalue weighted by Gasteiger charge is 2.15. The fourth-order valence-electron chi connectivity index (χ4n) is 2.91. The van der Waals surface area contributed by atoms with E-state index in [4.69, 9.17) is 4.74 Å². The zero-order valence-electron chi connectivity index (χ0n) is 14.3. The van der Waals surface area contributed by atoms with Crippen molar-refractivity contribution in [1.29, 1.82) is 0 Å². The smallest absolute Gasteiger partial charge is 0.246 e. The van der Waals surface area contributed by atoms with Gasteiger partial charge in [-0.2, -0.15) is 0 Å². The van der Waals surface area contributed by atoms with E-state index in [1.165, 1.54) is 24.8 Å². The van der Waals surface area contributed by atoms with Gasteiger partial charge in [-0.3, -0.25) is 9.59 Å². The molecule has 2 rings (SSSR count). The van der Waals surface area contributed by atoms with Gasteiger partial charge < -0.3 is 15.4 Å². The molecule has 0 aromatic heterocycles. The normalized spacial score (nSPS) is 15.0. The Balaban J connectivity index is 1.47. The summed E-state index contributed by atoms with van der Waals surface area (Å²) < 4.78 is 5.37. The van der Waals surface area contributed by atoms with Gasteiger partial charge in [-0.15, -0.1) is 0 Å².